The van der Waals surface area contributed by atoms with E-state index in [2.05, 4.69) is 31.2 Å². The zero-order chi connectivity index (χ0) is 9.28. The predicted octanol–water partition coefficient (Wildman–Crippen LogP) is 3.36. The zero-order valence-corrected chi connectivity index (χ0v) is 8.61. The first kappa shape index (κ1) is 7.50. The molecule has 14 heavy (non-hydrogen) atoms. The Bertz CT molecular complexity index is 362. The minimum Gasteiger partial charge on any atom is -0.0590 e. The quantitative estimate of drug-likeness (QED) is 0.627. The van der Waals surface area contributed by atoms with Crippen LogP contribution in [0.5, 0.6) is 0 Å². The van der Waals surface area contributed by atoms with Crippen LogP contribution in [0.2, 0.25) is 0 Å². The maximum absolute atomic E-state index is 2.37. The number of rotatable bonds is 1. The summed E-state index contributed by atoms with van der Waals surface area (Å²) >= 11 is 0. The van der Waals surface area contributed by atoms with Gasteiger partial charge >= 0.3 is 0 Å². The van der Waals surface area contributed by atoms with Crippen LogP contribution >= 0.6 is 0 Å². The van der Waals surface area contributed by atoms with Crippen molar-refractivity contribution in [1.82, 2.24) is 0 Å². The van der Waals surface area contributed by atoms with E-state index in [0.29, 0.717) is 0 Å². The van der Waals surface area contributed by atoms with Crippen LogP contribution in [0.3, 0.4) is 0 Å². The highest BCUT2D eigenvalue weighted by molar-refractivity contribution is 5.33. The number of aryl methyl sites for hydroxylation is 1. The maximum Gasteiger partial charge on any atom is -0.00996 e. The van der Waals surface area contributed by atoms with Crippen LogP contribution < -0.4 is 0 Å². The molecule has 4 aliphatic rings. The van der Waals surface area contributed by atoms with Gasteiger partial charge in [-0.1, -0.05) is 29.8 Å². The van der Waals surface area contributed by atoms with Crippen LogP contribution in [0.25, 0.3) is 0 Å². The highest BCUT2D eigenvalue weighted by Crippen LogP contribution is 2.75. The van der Waals surface area contributed by atoms with E-state index in [1.165, 1.54) is 5.56 Å². The van der Waals surface area contributed by atoms with Gasteiger partial charge in [-0.25, -0.2) is 0 Å². The Labute approximate surface area is 85.3 Å². The number of hydrogen-bond acceptors (Lipinski definition) is 0. The normalized spacial score (nSPS) is 47.1. The minimum atomic E-state index is 0.950. The molecule has 4 aliphatic carbocycles. The smallest absolute Gasteiger partial charge is 0.00996 e. The van der Waals surface area contributed by atoms with E-state index in [1.807, 2.05) is 0 Å². The van der Waals surface area contributed by atoms with E-state index in [-0.39, 0.29) is 0 Å². The van der Waals surface area contributed by atoms with Crippen molar-refractivity contribution in [3.8, 4) is 0 Å². The molecule has 0 heterocycles. The van der Waals surface area contributed by atoms with Crippen LogP contribution in [0, 0.1) is 30.6 Å². The average molecular weight is 184 g/mol. The molecule has 0 amide bonds. The lowest BCUT2D eigenvalue weighted by atomic mass is 9.90. The molecule has 4 saturated carbocycles. The molecule has 0 spiro atoms. The lowest BCUT2D eigenvalue weighted by molar-refractivity contribution is 0.528. The summed E-state index contributed by atoms with van der Waals surface area (Å²) in [5.74, 6) is 5.39. The molecule has 5 rings (SSSR count). The average Bonchev–Trinajstić information content (AvgIpc) is 2.63. The van der Waals surface area contributed by atoms with Gasteiger partial charge in [-0.15, -0.1) is 0 Å². The Balaban J connectivity index is 1.73. The van der Waals surface area contributed by atoms with Crippen molar-refractivity contribution in [1.29, 1.82) is 0 Å². The van der Waals surface area contributed by atoms with Gasteiger partial charge in [-0.3, -0.25) is 0 Å². The molecule has 4 fully saturated rings. The number of benzene rings is 1. The fraction of sp³-hybridized carbons (Fsp3) is 0.571. The van der Waals surface area contributed by atoms with Gasteiger partial charge in [0, 0.05) is 0 Å². The molecular formula is C14H16. The van der Waals surface area contributed by atoms with Gasteiger partial charge in [0.15, 0.2) is 0 Å². The molecular weight excluding hydrogens is 168 g/mol. The summed E-state index contributed by atoms with van der Waals surface area (Å²) in [6, 6.07) is 9.30. The van der Waals surface area contributed by atoms with E-state index in [0.717, 1.165) is 29.6 Å². The summed E-state index contributed by atoms with van der Waals surface area (Å²) in [6.45, 7) is 2.18. The zero-order valence-electron chi connectivity index (χ0n) is 8.61. The van der Waals surface area contributed by atoms with Crippen LogP contribution in [-0.2, 0) is 0 Å². The monoisotopic (exact) mass is 184 g/mol. The lowest BCUT2D eigenvalue weighted by Crippen LogP contribution is -2.02. The van der Waals surface area contributed by atoms with Gasteiger partial charge in [-0.05, 0) is 54.9 Å². The van der Waals surface area contributed by atoms with Crippen molar-refractivity contribution in [2.45, 2.75) is 25.7 Å². The molecule has 1 aromatic carbocycles. The Hall–Kier alpha value is -0.780. The largest absolute Gasteiger partial charge is 0.0590 e. The van der Waals surface area contributed by atoms with E-state index in [4.69, 9.17) is 0 Å². The topological polar surface area (TPSA) is 0 Å². The molecule has 0 saturated heterocycles. The Morgan fingerprint density at radius 2 is 1.64 bits per heavy atom. The molecule has 3 atom stereocenters. The molecule has 72 valence electrons. The second kappa shape index (κ2) is 2.24. The molecule has 0 heteroatoms. The first-order valence-electron chi connectivity index (χ1n) is 5.91. The first-order chi connectivity index (χ1) is 6.84. The summed E-state index contributed by atoms with van der Waals surface area (Å²) in [7, 11) is 0. The third kappa shape index (κ3) is 0.762. The van der Waals surface area contributed by atoms with E-state index < -0.39 is 0 Å². The van der Waals surface area contributed by atoms with Crippen LogP contribution in [0.1, 0.15) is 29.9 Å². The van der Waals surface area contributed by atoms with Gasteiger partial charge in [-0.2, -0.15) is 0 Å². The minimum absolute atomic E-state index is 0.950. The van der Waals surface area contributed by atoms with Crippen molar-refractivity contribution in [2.24, 2.45) is 23.7 Å². The molecule has 1 aromatic rings. The van der Waals surface area contributed by atoms with E-state index in [9.17, 15) is 0 Å². The molecule has 0 radical (unpaired) electrons. The van der Waals surface area contributed by atoms with Crippen molar-refractivity contribution in [2.75, 3.05) is 0 Å². The summed E-state index contributed by atoms with van der Waals surface area (Å²) in [6.07, 6.45) is 3.10. The molecule has 0 aliphatic heterocycles. The molecule has 4 bridgehead atoms. The fourth-order valence-corrected chi connectivity index (χ4v) is 4.36. The Morgan fingerprint density at radius 1 is 1.00 bits per heavy atom. The number of hydrogen-bond donors (Lipinski definition) is 0. The molecule has 0 nitrogen and oxygen atoms in total. The summed E-state index contributed by atoms with van der Waals surface area (Å²) in [5.41, 5.74) is 3.03. The van der Waals surface area contributed by atoms with Crippen molar-refractivity contribution < 1.29 is 0 Å². The van der Waals surface area contributed by atoms with Crippen molar-refractivity contribution in [3.63, 3.8) is 0 Å². The second-order valence-corrected chi connectivity index (χ2v) is 5.57. The van der Waals surface area contributed by atoms with Gasteiger partial charge in [0.1, 0.15) is 0 Å². The molecule has 0 aromatic heterocycles. The Morgan fingerprint density at radius 3 is 2.14 bits per heavy atom. The van der Waals surface area contributed by atoms with Crippen LogP contribution in [0.15, 0.2) is 24.3 Å². The van der Waals surface area contributed by atoms with Crippen molar-refractivity contribution >= 4 is 0 Å². The SMILES string of the molecule is Cc1ccc(C2C3CC4C(C3)C42)cc1. The van der Waals surface area contributed by atoms with Gasteiger partial charge in [0.05, 0.1) is 0 Å². The van der Waals surface area contributed by atoms with Crippen LogP contribution in [0.4, 0.5) is 0 Å². The second-order valence-electron chi connectivity index (χ2n) is 5.57. The molecule has 3 unspecified atom stereocenters. The third-order valence-corrected chi connectivity index (χ3v) is 4.93. The summed E-state index contributed by atoms with van der Waals surface area (Å²) in [5, 5.41) is 0. The summed E-state index contributed by atoms with van der Waals surface area (Å²) in [4.78, 5) is 0. The highest BCUT2D eigenvalue weighted by atomic mass is 14.7. The Kier molecular flexibility index (Phi) is 1.20. The lowest BCUT2D eigenvalue weighted by Gasteiger charge is -2.15. The van der Waals surface area contributed by atoms with Gasteiger partial charge in [0.25, 0.3) is 0 Å². The molecule has 0 N–H and O–H groups in total. The van der Waals surface area contributed by atoms with E-state index >= 15 is 0 Å². The fourth-order valence-electron chi connectivity index (χ4n) is 4.36. The maximum atomic E-state index is 2.37. The highest BCUT2D eigenvalue weighted by Gasteiger charge is 2.68. The predicted molar refractivity (Wildman–Crippen MR) is 57.1 cm³/mol. The third-order valence-electron chi connectivity index (χ3n) is 4.93. The summed E-state index contributed by atoms with van der Waals surface area (Å²) < 4.78 is 0. The van der Waals surface area contributed by atoms with E-state index in [1.54, 1.807) is 18.4 Å². The van der Waals surface area contributed by atoms with Gasteiger partial charge < -0.3 is 0 Å². The van der Waals surface area contributed by atoms with Crippen LogP contribution in [-0.4, -0.2) is 0 Å². The van der Waals surface area contributed by atoms with Gasteiger partial charge in [0.2, 0.25) is 0 Å². The van der Waals surface area contributed by atoms with Crippen molar-refractivity contribution in [3.05, 3.63) is 35.4 Å². The first-order valence-corrected chi connectivity index (χ1v) is 5.91. The standard InChI is InChI=1S/C14H16/c1-8-2-4-9(5-3-8)13-10-6-11-12(7-10)14(11)13/h2-5,10-14H,6-7H2,1H3.